The second-order valence-electron chi connectivity index (χ2n) is 4.55. The van der Waals surface area contributed by atoms with Crippen molar-refractivity contribution < 1.29 is 8.78 Å². The van der Waals surface area contributed by atoms with E-state index < -0.39 is 6.04 Å². The van der Waals surface area contributed by atoms with Gasteiger partial charge in [0, 0.05) is 10.5 Å². The summed E-state index contributed by atoms with van der Waals surface area (Å²) in [5.74, 6) is -0.596. The zero-order valence-corrected chi connectivity index (χ0v) is 12.0. The van der Waals surface area contributed by atoms with E-state index in [0.717, 1.165) is 0 Å². The predicted molar refractivity (Wildman–Crippen MR) is 75.9 cm³/mol. The fraction of sp³-hybridized carbons (Fsp3) is 0.200. The summed E-state index contributed by atoms with van der Waals surface area (Å²) in [6.45, 7) is 1.69. The molecule has 0 saturated carbocycles. The van der Waals surface area contributed by atoms with Crippen LogP contribution in [0.4, 0.5) is 8.78 Å². The van der Waals surface area contributed by atoms with E-state index in [1.165, 1.54) is 12.1 Å². The standard InChI is InChI=1S/C15H14BrF2N/c1-9-2-3-11(6-13(9)17)15(19)7-10-4-5-12(16)8-14(10)18/h2-6,8,15H,7,19H2,1H3. The summed E-state index contributed by atoms with van der Waals surface area (Å²) in [6.07, 6.45) is 0.335. The molecular weight excluding hydrogens is 312 g/mol. The maximum atomic E-state index is 13.7. The summed E-state index contributed by atoms with van der Waals surface area (Å²) in [4.78, 5) is 0. The number of aryl methyl sites for hydroxylation is 1. The van der Waals surface area contributed by atoms with Crippen LogP contribution in [0.5, 0.6) is 0 Å². The fourth-order valence-electron chi connectivity index (χ4n) is 1.88. The smallest absolute Gasteiger partial charge is 0.127 e. The molecule has 0 heterocycles. The second kappa shape index (κ2) is 5.80. The van der Waals surface area contributed by atoms with Crippen LogP contribution in [0.25, 0.3) is 0 Å². The molecule has 0 aromatic heterocycles. The average Bonchev–Trinajstić information content (AvgIpc) is 2.36. The zero-order chi connectivity index (χ0) is 14.0. The fourth-order valence-corrected chi connectivity index (χ4v) is 2.21. The lowest BCUT2D eigenvalue weighted by molar-refractivity contribution is 0.587. The van der Waals surface area contributed by atoms with Crippen molar-refractivity contribution in [3.05, 3.63) is 69.2 Å². The Hall–Kier alpha value is -1.26. The van der Waals surface area contributed by atoms with E-state index in [-0.39, 0.29) is 11.6 Å². The molecule has 2 rings (SSSR count). The van der Waals surface area contributed by atoms with E-state index >= 15 is 0 Å². The van der Waals surface area contributed by atoms with E-state index in [1.807, 2.05) is 0 Å². The first-order valence-electron chi connectivity index (χ1n) is 5.93. The van der Waals surface area contributed by atoms with Crippen molar-refractivity contribution in [1.29, 1.82) is 0 Å². The minimum absolute atomic E-state index is 0.288. The molecular formula is C15H14BrF2N. The van der Waals surface area contributed by atoms with Gasteiger partial charge in [-0.25, -0.2) is 8.78 Å². The number of rotatable bonds is 3. The number of halogens is 3. The minimum atomic E-state index is -0.425. The highest BCUT2D eigenvalue weighted by Crippen LogP contribution is 2.22. The lowest BCUT2D eigenvalue weighted by Gasteiger charge is -2.13. The molecule has 0 radical (unpaired) electrons. The second-order valence-corrected chi connectivity index (χ2v) is 5.47. The zero-order valence-electron chi connectivity index (χ0n) is 10.5. The molecule has 100 valence electrons. The van der Waals surface area contributed by atoms with Gasteiger partial charge in [-0.15, -0.1) is 0 Å². The topological polar surface area (TPSA) is 26.0 Å². The monoisotopic (exact) mass is 325 g/mol. The normalized spacial score (nSPS) is 12.5. The van der Waals surface area contributed by atoms with Crippen LogP contribution in [-0.2, 0) is 6.42 Å². The van der Waals surface area contributed by atoms with Crippen LogP contribution in [0, 0.1) is 18.6 Å². The van der Waals surface area contributed by atoms with Crippen LogP contribution in [0.15, 0.2) is 40.9 Å². The van der Waals surface area contributed by atoms with Crippen LogP contribution >= 0.6 is 15.9 Å². The molecule has 1 atom stereocenters. The molecule has 0 aliphatic rings. The van der Waals surface area contributed by atoms with Gasteiger partial charge >= 0.3 is 0 Å². The summed E-state index contributed by atoms with van der Waals surface area (Å²) in [6, 6.07) is 9.30. The Balaban J connectivity index is 2.20. The molecule has 1 unspecified atom stereocenters. The number of hydrogen-bond donors (Lipinski definition) is 1. The average molecular weight is 326 g/mol. The molecule has 0 aliphatic heterocycles. The molecule has 0 fully saturated rings. The van der Waals surface area contributed by atoms with Gasteiger partial charge in [0.2, 0.25) is 0 Å². The van der Waals surface area contributed by atoms with E-state index in [0.29, 0.717) is 27.6 Å². The van der Waals surface area contributed by atoms with Crippen molar-refractivity contribution in [1.82, 2.24) is 0 Å². The molecule has 2 aromatic rings. The molecule has 1 nitrogen and oxygen atoms in total. The SMILES string of the molecule is Cc1ccc(C(N)Cc2ccc(Br)cc2F)cc1F. The number of benzene rings is 2. The Labute approximate surface area is 119 Å². The van der Waals surface area contributed by atoms with Crippen molar-refractivity contribution in [2.24, 2.45) is 5.73 Å². The van der Waals surface area contributed by atoms with Gasteiger partial charge in [0.15, 0.2) is 0 Å². The largest absolute Gasteiger partial charge is 0.324 e. The van der Waals surface area contributed by atoms with Gasteiger partial charge in [0.1, 0.15) is 11.6 Å². The molecule has 0 bridgehead atoms. The molecule has 0 amide bonds. The number of hydrogen-bond acceptors (Lipinski definition) is 1. The van der Waals surface area contributed by atoms with Crippen molar-refractivity contribution >= 4 is 15.9 Å². The Morgan fingerprint density at radius 2 is 1.84 bits per heavy atom. The van der Waals surface area contributed by atoms with E-state index in [2.05, 4.69) is 15.9 Å². The molecule has 0 aliphatic carbocycles. The maximum Gasteiger partial charge on any atom is 0.127 e. The highest BCUT2D eigenvalue weighted by molar-refractivity contribution is 9.10. The summed E-state index contributed by atoms with van der Waals surface area (Å²) >= 11 is 3.20. The third-order valence-corrected chi connectivity index (χ3v) is 3.57. The van der Waals surface area contributed by atoms with Gasteiger partial charge in [-0.2, -0.15) is 0 Å². The van der Waals surface area contributed by atoms with Crippen molar-refractivity contribution in [3.63, 3.8) is 0 Å². The van der Waals surface area contributed by atoms with Crippen molar-refractivity contribution in [2.45, 2.75) is 19.4 Å². The quantitative estimate of drug-likeness (QED) is 0.895. The van der Waals surface area contributed by atoms with Gasteiger partial charge in [-0.1, -0.05) is 34.1 Å². The Morgan fingerprint density at radius 1 is 1.11 bits per heavy atom. The first-order chi connectivity index (χ1) is 8.97. The van der Waals surface area contributed by atoms with Gasteiger partial charge in [-0.3, -0.25) is 0 Å². The van der Waals surface area contributed by atoms with Crippen LogP contribution < -0.4 is 5.73 Å². The predicted octanol–water partition coefficient (Wildman–Crippen LogP) is 4.28. The molecule has 4 heteroatoms. The lowest BCUT2D eigenvalue weighted by atomic mass is 9.98. The summed E-state index contributed by atoms with van der Waals surface area (Å²) in [5, 5.41) is 0. The van der Waals surface area contributed by atoms with Crippen LogP contribution in [-0.4, -0.2) is 0 Å². The highest BCUT2D eigenvalue weighted by Gasteiger charge is 2.12. The van der Waals surface area contributed by atoms with Gasteiger partial charge in [0.25, 0.3) is 0 Å². The van der Waals surface area contributed by atoms with E-state index in [4.69, 9.17) is 5.73 Å². The Kier molecular flexibility index (Phi) is 4.32. The summed E-state index contributed by atoms with van der Waals surface area (Å²) < 4.78 is 27.9. The summed E-state index contributed by atoms with van der Waals surface area (Å²) in [5.41, 5.74) is 7.78. The summed E-state index contributed by atoms with van der Waals surface area (Å²) in [7, 11) is 0. The first-order valence-corrected chi connectivity index (χ1v) is 6.72. The Bertz CT molecular complexity index is 599. The minimum Gasteiger partial charge on any atom is -0.324 e. The molecule has 0 saturated heterocycles. The lowest BCUT2D eigenvalue weighted by Crippen LogP contribution is -2.14. The van der Waals surface area contributed by atoms with E-state index in [9.17, 15) is 8.78 Å². The van der Waals surface area contributed by atoms with E-state index in [1.54, 1.807) is 31.2 Å². The van der Waals surface area contributed by atoms with Crippen molar-refractivity contribution in [2.75, 3.05) is 0 Å². The van der Waals surface area contributed by atoms with Crippen LogP contribution in [0.2, 0.25) is 0 Å². The molecule has 2 aromatic carbocycles. The third-order valence-electron chi connectivity index (χ3n) is 3.08. The third kappa shape index (κ3) is 3.39. The van der Waals surface area contributed by atoms with Gasteiger partial charge < -0.3 is 5.73 Å². The van der Waals surface area contributed by atoms with Gasteiger partial charge in [-0.05, 0) is 48.2 Å². The Morgan fingerprint density at radius 3 is 2.47 bits per heavy atom. The van der Waals surface area contributed by atoms with Crippen LogP contribution in [0.3, 0.4) is 0 Å². The maximum absolute atomic E-state index is 13.7. The first kappa shape index (κ1) is 14.2. The van der Waals surface area contributed by atoms with Crippen molar-refractivity contribution in [3.8, 4) is 0 Å². The molecule has 2 N–H and O–H groups in total. The number of nitrogens with two attached hydrogens (primary N) is 1. The highest BCUT2D eigenvalue weighted by atomic mass is 79.9. The van der Waals surface area contributed by atoms with Crippen LogP contribution in [0.1, 0.15) is 22.7 Å². The molecule has 0 spiro atoms. The van der Waals surface area contributed by atoms with Gasteiger partial charge in [0.05, 0.1) is 0 Å². The molecule has 19 heavy (non-hydrogen) atoms.